The lowest BCUT2D eigenvalue weighted by atomic mass is 10.2. The maximum atomic E-state index is 9.60. The van der Waals surface area contributed by atoms with Crippen LogP contribution in [0.1, 0.15) is 17.2 Å². The summed E-state index contributed by atoms with van der Waals surface area (Å²) >= 11 is 6.60. The van der Waals surface area contributed by atoms with Crippen molar-refractivity contribution < 1.29 is 9.52 Å². The van der Waals surface area contributed by atoms with E-state index in [4.69, 9.17) is 4.42 Å². The molecule has 1 aromatic heterocycles. The molecule has 0 spiro atoms. The first kappa shape index (κ1) is 13.6. The van der Waals surface area contributed by atoms with E-state index in [0.29, 0.717) is 27.9 Å². The minimum atomic E-state index is 0.210. The summed E-state index contributed by atoms with van der Waals surface area (Å²) in [7, 11) is 0. The summed E-state index contributed by atoms with van der Waals surface area (Å²) < 4.78 is 6.69. The van der Waals surface area contributed by atoms with Gasteiger partial charge in [0.2, 0.25) is 5.89 Å². The molecule has 18 heavy (non-hydrogen) atoms. The van der Waals surface area contributed by atoms with Gasteiger partial charge in [-0.3, -0.25) is 0 Å². The Morgan fingerprint density at radius 1 is 1.28 bits per heavy atom. The van der Waals surface area contributed by atoms with Gasteiger partial charge in [-0.1, -0.05) is 0 Å². The number of phenols is 1. The number of aryl methyl sites for hydroxylation is 1. The normalized spacial score (nSPS) is 10.8. The molecule has 0 unspecified atom stereocenters. The van der Waals surface area contributed by atoms with Crippen molar-refractivity contribution in [3.8, 4) is 5.75 Å². The topological polar surface area (TPSA) is 58.3 Å². The number of rotatable bonds is 4. The molecule has 0 radical (unpaired) electrons. The molecule has 0 bridgehead atoms. The SMILES string of the molecule is Cc1cnc(CNCc2cc(Br)c(O)c(Br)c2)o1. The average Bonchev–Trinajstić information content (AvgIpc) is 2.72. The van der Waals surface area contributed by atoms with Crippen molar-refractivity contribution >= 4 is 31.9 Å². The Bertz CT molecular complexity index is 532. The molecule has 96 valence electrons. The maximum absolute atomic E-state index is 9.60. The predicted molar refractivity (Wildman–Crippen MR) is 75.3 cm³/mol. The zero-order chi connectivity index (χ0) is 13.1. The maximum Gasteiger partial charge on any atom is 0.208 e. The summed E-state index contributed by atoms with van der Waals surface area (Å²) in [4.78, 5) is 4.11. The fraction of sp³-hybridized carbons (Fsp3) is 0.250. The van der Waals surface area contributed by atoms with E-state index in [1.807, 2.05) is 19.1 Å². The van der Waals surface area contributed by atoms with Crippen LogP contribution in [0.2, 0.25) is 0 Å². The standard InChI is InChI=1S/C12H12Br2N2O2/c1-7-4-16-11(18-7)6-15-5-8-2-9(13)12(17)10(14)3-8/h2-4,15,17H,5-6H2,1H3. The minimum Gasteiger partial charge on any atom is -0.506 e. The zero-order valence-electron chi connectivity index (χ0n) is 9.70. The lowest BCUT2D eigenvalue weighted by Crippen LogP contribution is -2.12. The average molecular weight is 376 g/mol. The molecule has 2 rings (SSSR count). The molecule has 0 saturated carbocycles. The molecule has 0 fully saturated rings. The van der Waals surface area contributed by atoms with Crippen LogP contribution < -0.4 is 5.32 Å². The molecular formula is C12H12Br2N2O2. The summed E-state index contributed by atoms with van der Waals surface area (Å²) in [6, 6.07) is 3.74. The molecule has 2 aromatic rings. The third kappa shape index (κ3) is 3.34. The number of hydrogen-bond donors (Lipinski definition) is 2. The summed E-state index contributed by atoms with van der Waals surface area (Å²) in [6.45, 7) is 3.10. The van der Waals surface area contributed by atoms with E-state index < -0.39 is 0 Å². The molecule has 0 amide bonds. The minimum absolute atomic E-state index is 0.210. The largest absolute Gasteiger partial charge is 0.506 e. The lowest BCUT2D eigenvalue weighted by Gasteiger charge is -2.06. The van der Waals surface area contributed by atoms with Crippen LogP contribution in [-0.2, 0) is 13.1 Å². The summed E-state index contributed by atoms with van der Waals surface area (Å²) in [5.41, 5.74) is 1.05. The van der Waals surface area contributed by atoms with Crippen LogP contribution in [0.4, 0.5) is 0 Å². The Kier molecular flexibility index (Phi) is 4.42. The second-order valence-electron chi connectivity index (χ2n) is 3.88. The van der Waals surface area contributed by atoms with Crippen molar-refractivity contribution in [2.24, 2.45) is 0 Å². The fourth-order valence-corrected chi connectivity index (χ4v) is 2.80. The summed E-state index contributed by atoms with van der Waals surface area (Å²) in [5.74, 6) is 1.69. The van der Waals surface area contributed by atoms with Gasteiger partial charge in [-0.15, -0.1) is 0 Å². The number of aromatic hydroxyl groups is 1. The van der Waals surface area contributed by atoms with E-state index in [-0.39, 0.29) is 5.75 Å². The second kappa shape index (κ2) is 5.86. The van der Waals surface area contributed by atoms with Gasteiger partial charge in [0.1, 0.15) is 11.5 Å². The Hall–Kier alpha value is -0.850. The van der Waals surface area contributed by atoms with E-state index in [9.17, 15) is 5.11 Å². The van der Waals surface area contributed by atoms with Gasteiger partial charge < -0.3 is 14.8 Å². The highest BCUT2D eigenvalue weighted by atomic mass is 79.9. The van der Waals surface area contributed by atoms with Crippen molar-refractivity contribution in [3.63, 3.8) is 0 Å². The quantitative estimate of drug-likeness (QED) is 0.858. The molecule has 0 atom stereocenters. The van der Waals surface area contributed by atoms with Crippen LogP contribution in [0, 0.1) is 6.92 Å². The van der Waals surface area contributed by atoms with Gasteiger partial charge in [0, 0.05) is 6.54 Å². The number of aromatic nitrogens is 1. The highest BCUT2D eigenvalue weighted by Gasteiger charge is 2.06. The Morgan fingerprint density at radius 3 is 2.50 bits per heavy atom. The first-order valence-electron chi connectivity index (χ1n) is 5.35. The number of phenolic OH excluding ortho intramolecular Hbond substituents is 1. The van der Waals surface area contributed by atoms with E-state index in [2.05, 4.69) is 42.2 Å². The first-order valence-corrected chi connectivity index (χ1v) is 6.94. The smallest absolute Gasteiger partial charge is 0.208 e. The molecule has 0 aliphatic carbocycles. The van der Waals surface area contributed by atoms with Crippen LogP contribution in [0.15, 0.2) is 31.7 Å². The Labute approximate surface area is 122 Å². The van der Waals surface area contributed by atoms with E-state index >= 15 is 0 Å². The molecule has 1 heterocycles. The number of hydrogen-bond acceptors (Lipinski definition) is 4. The van der Waals surface area contributed by atoms with Crippen LogP contribution >= 0.6 is 31.9 Å². The Balaban J connectivity index is 1.94. The van der Waals surface area contributed by atoms with Gasteiger partial charge in [0.25, 0.3) is 0 Å². The molecule has 1 aromatic carbocycles. The molecule has 4 nitrogen and oxygen atoms in total. The van der Waals surface area contributed by atoms with Crippen LogP contribution in [-0.4, -0.2) is 10.1 Å². The van der Waals surface area contributed by atoms with Gasteiger partial charge in [-0.25, -0.2) is 4.98 Å². The lowest BCUT2D eigenvalue weighted by molar-refractivity contribution is 0.448. The number of nitrogens with zero attached hydrogens (tertiary/aromatic N) is 1. The molecular weight excluding hydrogens is 364 g/mol. The van der Waals surface area contributed by atoms with Crippen molar-refractivity contribution in [2.45, 2.75) is 20.0 Å². The van der Waals surface area contributed by atoms with Crippen molar-refractivity contribution in [1.29, 1.82) is 0 Å². The van der Waals surface area contributed by atoms with E-state index in [1.165, 1.54) is 0 Å². The predicted octanol–water partition coefficient (Wildman–Crippen LogP) is 3.50. The van der Waals surface area contributed by atoms with E-state index in [1.54, 1.807) is 6.20 Å². The molecule has 0 saturated heterocycles. The molecule has 0 aliphatic heterocycles. The number of halogens is 2. The molecule has 6 heteroatoms. The van der Waals surface area contributed by atoms with Crippen LogP contribution in [0.25, 0.3) is 0 Å². The van der Waals surface area contributed by atoms with Gasteiger partial charge >= 0.3 is 0 Å². The number of benzene rings is 1. The zero-order valence-corrected chi connectivity index (χ0v) is 12.9. The van der Waals surface area contributed by atoms with Gasteiger partial charge in [0.05, 0.1) is 21.7 Å². The van der Waals surface area contributed by atoms with Gasteiger partial charge in [0.15, 0.2) is 0 Å². The third-order valence-electron chi connectivity index (χ3n) is 2.35. The summed E-state index contributed by atoms with van der Waals surface area (Å²) in [5, 5.41) is 12.8. The first-order chi connectivity index (χ1) is 8.56. The monoisotopic (exact) mass is 374 g/mol. The highest BCUT2D eigenvalue weighted by Crippen LogP contribution is 2.33. The molecule has 2 N–H and O–H groups in total. The number of oxazole rings is 1. The van der Waals surface area contributed by atoms with Crippen molar-refractivity contribution in [1.82, 2.24) is 10.3 Å². The second-order valence-corrected chi connectivity index (χ2v) is 5.58. The van der Waals surface area contributed by atoms with E-state index in [0.717, 1.165) is 11.3 Å². The van der Waals surface area contributed by atoms with Crippen molar-refractivity contribution in [3.05, 3.63) is 44.5 Å². The Morgan fingerprint density at radius 2 is 1.94 bits per heavy atom. The van der Waals surface area contributed by atoms with Gasteiger partial charge in [-0.05, 0) is 56.5 Å². The molecule has 0 aliphatic rings. The highest BCUT2D eigenvalue weighted by molar-refractivity contribution is 9.11. The third-order valence-corrected chi connectivity index (χ3v) is 3.56. The van der Waals surface area contributed by atoms with Crippen LogP contribution in [0.3, 0.4) is 0 Å². The fourth-order valence-electron chi connectivity index (χ4n) is 1.52. The number of nitrogens with one attached hydrogen (secondary N) is 1. The van der Waals surface area contributed by atoms with Crippen molar-refractivity contribution in [2.75, 3.05) is 0 Å². The van der Waals surface area contributed by atoms with Crippen LogP contribution in [0.5, 0.6) is 5.75 Å². The van der Waals surface area contributed by atoms with Gasteiger partial charge in [-0.2, -0.15) is 0 Å². The summed E-state index contributed by atoms with van der Waals surface area (Å²) in [6.07, 6.45) is 1.70.